The molecule has 0 bridgehead atoms. The maximum Gasteiger partial charge on any atom is 0.302 e. The number of fused-ring (bicyclic) bond motifs is 1. The molecule has 0 saturated carbocycles. The van der Waals surface area contributed by atoms with Gasteiger partial charge in [0.1, 0.15) is 19.3 Å². The van der Waals surface area contributed by atoms with E-state index in [2.05, 4.69) is 28.1 Å². The van der Waals surface area contributed by atoms with Gasteiger partial charge < -0.3 is 23.7 Å². The van der Waals surface area contributed by atoms with E-state index in [4.69, 9.17) is 23.7 Å². The van der Waals surface area contributed by atoms with Gasteiger partial charge in [0, 0.05) is 31.3 Å². The predicted octanol–water partition coefficient (Wildman–Crippen LogP) is 4.57. The molecule has 0 amide bonds. The zero-order valence-corrected chi connectivity index (χ0v) is 18.6. The molecular formula is C23H25BrO6. The van der Waals surface area contributed by atoms with E-state index >= 15 is 0 Å². The van der Waals surface area contributed by atoms with Crippen molar-refractivity contribution in [3.05, 3.63) is 57.6 Å². The molecule has 1 fully saturated rings. The maximum absolute atomic E-state index is 11.4. The molecule has 160 valence electrons. The lowest BCUT2D eigenvalue weighted by Gasteiger charge is -2.34. The molecule has 3 atom stereocenters. The molecule has 2 heterocycles. The van der Waals surface area contributed by atoms with E-state index in [1.807, 2.05) is 24.3 Å². The number of hydrogen-bond donors (Lipinski definition) is 0. The van der Waals surface area contributed by atoms with Crippen molar-refractivity contribution in [3.8, 4) is 11.5 Å². The molecule has 4 rings (SSSR count). The SMILES string of the molecule is COC1C[C@H](OC(C)=O)C[C@H](c2ccc(Br)c(Cc3ccc4c(c3)OCCO4)c2)O1. The van der Waals surface area contributed by atoms with Crippen LogP contribution in [0.5, 0.6) is 11.5 Å². The van der Waals surface area contributed by atoms with Crippen LogP contribution in [0.2, 0.25) is 0 Å². The van der Waals surface area contributed by atoms with E-state index in [-0.39, 0.29) is 18.2 Å². The van der Waals surface area contributed by atoms with Gasteiger partial charge in [0.2, 0.25) is 0 Å². The van der Waals surface area contributed by atoms with Gasteiger partial charge in [0.05, 0.1) is 6.10 Å². The van der Waals surface area contributed by atoms with Crippen LogP contribution in [-0.2, 0) is 25.4 Å². The normalized spacial score (nSPS) is 23.1. The number of benzene rings is 2. The van der Waals surface area contributed by atoms with E-state index in [9.17, 15) is 4.79 Å². The van der Waals surface area contributed by atoms with E-state index in [0.29, 0.717) is 26.1 Å². The maximum atomic E-state index is 11.4. The molecular weight excluding hydrogens is 452 g/mol. The summed E-state index contributed by atoms with van der Waals surface area (Å²) in [5.74, 6) is 1.29. The monoisotopic (exact) mass is 476 g/mol. The number of methoxy groups -OCH3 is 1. The fourth-order valence-electron chi connectivity index (χ4n) is 3.89. The highest BCUT2D eigenvalue weighted by atomic mass is 79.9. The lowest BCUT2D eigenvalue weighted by Crippen LogP contribution is -2.35. The van der Waals surface area contributed by atoms with Crippen molar-refractivity contribution in [1.29, 1.82) is 0 Å². The standard InChI is InChI=1S/C23H25BrO6/c1-14(25)29-18-12-21(30-23(13-18)26-2)16-4-5-19(24)17(11-16)9-15-3-6-20-22(10-15)28-8-7-27-20/h3-6,10-11,18,21,23H,7-9,12-13H2,1-2H3/t18-,21-,23?/m1/s1. The van der Waals surface area contributed by atoms with Crippen LogP contribution in [0.4, 0.5) is 0 Å². The van der Waals surface area contributed by atoms with Crippen LogP contribution >= 0.6 is 15.9 Å². The molecule has 2 aromatic carbocycles. The Morgan fingerprint density at radius 3 is 2.67 bits per heavy atom. The fourth-order valence-corrected chi connectivity index (χ4v) is 4.28. The Labute approximate surface area is 184 Å². The number of carbonyl (C=O) groups excluding carboxylic acids is 1. The number of rotatable bonds is 5. The Hall–Kier alpha value is -2.09. The van der Waals surface area contributed by atoms with Gasteiger partial charge in [-0.05, 0) is 41.3 Å². The second kappa shape index (κ2) is 9.37. The van der Waals surface area contributed by atoms with Crippen molar-refractivity contribution in [2.45, 2.75) is 44.7 Å². The van der Waals surface area contributed by atoms with E-state index in [1.54, 1.807) is 7.11 Å². The summed E-state index contributed by atoms with van der Waals surface area (Å²) < 4.78 is 29.3. The summed E-state index contributed by atoms with van der Waals surface area (Å²) in [4.78, 5) is 11.4. The molecule has 2 aliphatic heterocycles. The van der Waals surface area contributed by atoms with Crippen molar-refractivity contribution in [1.82, 2.24) is 0 Å². The van der Waals surface area contributed by atoms with Crippen molar-refractivity contribution in [2.24, 2.45) is 0 Å². The van der Waals surface area contributed by atoms with Crippen LogP contribution in [0.15, 0.2) is 40.9 Å². The quantitative estimate of drug-likeness (QED) is 0.589. The molecule has 1 unspecified atom stereocenters. The predicted molar refractivity (Wildman–Crippen MR) is 114 cm³/mol. The third-order valence-electron chi connectivity index (χ3n) is 5.29. The zero-order valence-electron chi connectivity index (χ0n) is 17.1. The van der Waals surface area contributed by atoms with Crippen LogP contribution in [-0.4, -0.2) is 38.7 Å². The Morgan fingerprint density at radius 2 is 1.90 bits per heavy atom. The second-order valence-corrected chi connectivity index (χ2v) is 8.35. The van der Waals surface area contributed by atoms with Crippen molar-refractivity contribution < 1.29 is 28.5 Å². The highest BCUT2D eigenvalue weighted by Crippen LogP contribution is 2.36. The Bertz CT molecular complexity index is 915. The largest absolute Gasteiger partial charge is 0.486 e. The third kappa shape index (κ3) is 4.96. The van der Waals surface area contributed by atoms with E-state index in [0.717, 1.165) is 39.1 Å². The third-order valence-corrected chi connectivity index (χ3v) is 6.06. The fraction of sp³-hybridized carbons (Fsp3) is 0.435. The van der Waals surface area contributed by atoms with Gasteiger partial charge in [0.15, 0.2) is 17.8 Å². The number of carbonyl (C=O) groups is 1. The summed E-state index contributed by atoms with van der Waals surface area (Å²) in [6, 6.07) is 12.2. The van der Waals surface area contributed by atoms with Gasteiger partial charge in [-0.25, -0.2) is 0 Å². The molecule has 0 aromatic heterocycles. The van der Waals surface area contributed by atoms with Crippen LogP contribution in [0.3, 0.4) is 0 Å². The second-order valence-electron chi connectivity index (χ2n) is 7.50. The summed E-state index contributed by atoms with van der Waals surface area (Å²) in [5, 5.41) is 0. The molecule has 30 heavy (non-hydrogen) atoms. The Balaban J connectivity index is 1.54. The zero-order chi connectivity index (χ0) is 21.1. The minimum atomic E-state index is -0.405. The Morgan fingerprint density at radius 1 is 1.10 bits per heavy atom. The van der Waals surface area contributed by atoms with Crippen LogP contribution in [0.1, 0.15) is 42.6 Å². The van der Waals surface area contributed by atoms with E-state index in [1.165, 1.54) is 6.92 Å². The van der Waals surface area contributed by atoms with Crippen LogP contribution < -0.4 is 9.47 Å². The molecule has 1 saturated heterocycles. The lowest BCUT2D eigenvalue weighted by atomic mass is 9.95. The summed E-state index contributed by atoms with van der Waals surface area (Å²) in [5.41, 5.74) is 3.30. The lowest BCUT2D eigenvalue weighted by molar-refractivity contribution is -0.213. The summed E-state index contributed by atoms with van der Waals surface area (Å²) in [6.45, 7) is 2.58. The summed E-state index contributed by atoms with van der Waals surface area (Å²) in [7, 11) is 1.60. The molecule has 2 aliphatic rings. The highest BCUT2D eigenvalue weighted by Gasteiger charge is 2.32. The molecule has 0 radical (unpaired) electrons. The molecule has 7 heteroatoms. The number of esters is 1. The molecule has 0 aliphatic carbocycles. The smallest absolute Gasteiger partial charge is 0.302 e. The average molecular weight is 477 g/mol. The van der Waals surface area contributed by atoms with Crippen molar-refractivity contribution in [2.75, 3.05) is 20.3 Å². The van der Waals surface area contributed by atoms with Gasteiger partial charge in [-0.2, -0.15) is 0 Å². The van der Waals surface area contributed by atoms with Gasteiger partial charge in [-0.3, -0.25) is 4.79 Å². The highest BCUT2D eigenvalue weighted by molar-refractivity contribution is 9.10. The number of ether oxygens (including phenoxy) is 5. The first-order valence-electron chi connectivity index (χ1n) is 10.0. The van der Waals surface area contributed by atoms with Crippen molar-refractivity contribution in [3.63, 3.8) is 0 Å². The van der Waals surface area contributed by atoms with Gasteiger partial charge in [-0.1, -0.05) is 34.1 Å². The Kier molecular flexibility index (Phi) is 6.61. The molecule has 2 aromatic rings. The first kappa shape index (κ1) is 21.2. The minimum Gasteiger partial charge on any atom is -0.486 e. The van der Waals surface area contributed by atoms with Gasteiger partial charge in [-0.15, -0.1) is 0 Å². The van der Waals surface area contributed by atoms with Gasteiger partial charge in [0.25, 0.3) is 0 Å². The first-order chi connectivity index (χ1) is 14.5. The first-order valence-corrected chi connectivity index (χ1v) is 10.8. The number of halogens is 1. The van der Waals surface area contributed by atoms with Crippen LogP contribution in [0, 0.1) is 0 Å². The van der Waals surface area contributed by atoms with Crippen LogP contribution in [0.25, 0.3) is 0 Å². The molecule has 0 spiro atoms. The van der Waals surface area contributed by atoms with E-state index < -0.39 is 6.29 Å². The average Bonchev–Trinajstić information content (AvgIpc) is 2.74. The minimum absolute atomic E-state index is 0.208. The summed E-state index contributed by atoms with van der Waals surface area (Å²) >= 11 is 3.67. The number of hydrogen-bond acceptors (Lipinski definition) is 6. The van der Waals surface area contributed by atoms with Gasteiger partial charge >= 0.3 is 5.97 Å². The topological polar surface area (TPSA) is 63.2 Å². The molecule has 6 nitrogen and oxygen atoms in total. The van der Waals surface area contributed by atoms with Crippen molar-refractivity contribution >= 4 is 21.9 Å². The summed E-state index contributed by atoms with van der Waals surface area (Å²) in [6.07, 6.45) is 1.03. The molecule has 0 N–H and O–H groups in total.